The van der Waals surface area contributed by atoms with Crippen LogP contribution >= 0.6 is 15.9 Å². The van der Waals surface area contributed by atoms with Gasteiger partial charge in [-0.25, -0.2) is 0 Å². The molecule has 1 aliphatic rings. The Kier molecular flexibility index (Phi) is 3.97. The van der Waals surface area contributed by atoms with Crippen LogP contribution in [-0.2, 0) is 0 Å². The molecule has 0 atom stereocenters. The van der Waals surface area contributed by atoms with Crippen LogP contribution in [0.5, 0.6) is 0 Å². The van der Waals surface area contributed by atoms with Gasteiger partial charge in [-0.15, -0.1) is 0 Å². The number of nitriles is 1. The topological polar surface area (TPSA) is 27.0 Å². The molecule has 1 aromatic rings. The van der Waals surface area contributed by atoms with E-state index in [1.54, 1.807) is 0 Å². The standard InChI is InChI=1S/C15H19BrN2/c1-3-15(4-2)7-8-18(11-15)13-6-5-12(10-17)14(16)9-13/h5-6,9H,3-4,7-8,11H2,1-2H3. The molecule has 2 nitrogen and oxygen atoms in total. The molecule has 1 aliphatic heterocycles. The number of anilines is 1. The first-order valence-electron chi connectivity index (χ1n) is 6.59. The summed E-state index contributed by atoms with van der Waals surface area (Å²) in [5.41, 5.74) is 2.42. The Balaban J connectivity index is 2.20. The lowest BCUT2D eigenvalue weighted by molar-refractivity contribution is 0.301. The molecule has 1 saturated heterocycles. The highest BCUT2D eigenvalue weighted by Crippen LogP contribution is 2.39. The zero-order valence-corrected chi connectivity index (χ0v) is 12.6. The van der Waals surface area contributed by atoms with Gasteiger partial charge in [0.05, 0.1) is 5.56 Å². The van der Waals surface area contributed by atoms with Crippen LogP contribution in [-0.4, -0.2) is 13.1 Å². The second-order valence-corrected chi connectivity index (χ2v) is 6.01. The number of hydrogen-bond acceptors (Lipinski definition) is 2. The summed E-state index contributed by atoms with van der Waals surface area (Å²) in [7, 11) is 0. The molecule has 0 aromatic heterocycles. The molecule has 3 heteroatoms. The predicted octanol–water partition coefficient (Wildman–Crippen LogP) is 4.34. The maximum Gasteiger partial charge on any atom is 0.100 e. The minimum Gasteiger partial charge on any atom is -0.371 e. The first kappa shape index (κ1) is 13.4. The van der Waals surface area contributed by atoms with E-state index in [0.717, 1.165) is 17.6 Å². The summed E-state index contributed by atoms with van der Waals surface area (Å²) in [6.07, 6.45) is 3.77. The lowest BCUT2D eigenvalue weighted by atomic mass is 9.82. The maximum atomic E-state index is 8.94. The molecule has 1 heterocycles. The molecule has 1 fully saturated rings. The Bertz CT molecular complexity index is 472. The average molecular weight is 307 g/mol. The number of benzene rings is 1. The molecule has 0 aliphatic carbocycles. The third-order valence-corrected chi connectivity index (χ3v) is 5.03. The molecule has 96 valence electrons. The molecule has 0 N–H and O–H groups in total. The Labute approximate surface area is 118 Å². The fraction of sp³-hybridized carbons (Fsp3) is 0.533. The van der Waals surface area contributed by atoms with Crippen molar-refractivity contribution in [3.05, 3.63) is 28.2 Å². The second kappa shape index (κ2) is 5.32. The van der Waals surface area contributed by atoms with E-state index in [4.69, 9.17) is 5.26 Å². The lowest BCUT2D eigenvalue weighted by Gasteiger charge is -2.27. The first-order valence-corrected chi connectivity index (χ1v) is 7.38. The van der Waals surface area contributed by atoms with E-state index in [1.807, 2.05) is 6.07 Å². The third-order valence-electron chi connectivity index (χ3n) is 4.38. The first-order chi connectivity index (χ1) is 8.64. The van der Waals surface area contributed by atoms with Gasteiger partial charge in [-0.3, -0.25) is 0 Å². The minimum absolute atomic E-state index is 0.486. The summed E-state index contributed by atoms with van der Waals surface area (Å²) >= 11 is 3.47. The van der Waals surface area contributed by atoms with E-state index >= 15 is 0 Å². The Hall–Kier alpha value is -1.01. The Morgan fingerprint density at radius 3 is 2.61 bits per heavy atom. The van der Waals surface area contributed by atoms with Gasteiger partial charge in [-0.2, -0.15) is 5.26 Å². The second-order valence-electron chi connectivity index (χ2n) is 5.15. The molecule has 1 aromatic carbocycles. The fourth-order valence-electron chi connectivity index (χ4n) is 2.77. The number of hydrogen-bond donors (Lipinski definition) is 0. The molecule has 0 amide bonds. The number of nitrogens with zero attached hydrogens (tertiary/aromatic N) is 2. The fourth-order valence-corrected chi connectivity index (χ4v) is 3.23. The van der Waals surface area contributed by atoms with E-state index in [9.17, 15) is 0 Å². The average Bonchev–Trinajstić information content (AvgIpc) is 2.84. The van der Waals surface area contributed by atoms with Crippen molar-refractivity contribution in [1.29, 1.82) is 5.26 Å². The van der Waals surface area contributed by atoms with Crippen molar-refractivity contribution < 1.29 is 0 Å². The number of rotatable bonds is 3. The third kappa shape index (κ3) is 2.40. The van der Waals surface area contributed by atoms with Crippen LogP contribution in [0.3, 0.4) is 0 Å². The lowest BCUT2D eigenvalue weighted by Crippen LogP contribution is -2.26. The van der Waals surface area contributed by atoms with Crippen molar-refractivity contribution in [1.82, 2.24) is 0 Å². The van der Waals surface area contributed by atoms with Gasteiger partial charge in [0.25, 0.3) is 0 Å². The highest BCUT2D eigenvalue weighted by Gasteiger charge is 2.34. The van der Waals surface area contributed by atoms with E-state index in [2.05, 4.69) is 52.9 Å². The highest BCUT2D eigenvalue weighted by molar-refractivity contribution is 9.10. The zero-order valence-electron chi connectivity index (χ0n) is 11.0. The molecule has 18 heavy (non-hydrogen) atoms. The van der Waals surface area contributed by atoms with Crippen LogP contribution in [0.4, 0.5) is 5.69 Å². The van der Waals surface area contributed by atoms with Crippen molar-refractivity contribution in [2.75, 3.05) is 18.0 Å². The minimum atomic E-state index is 0.486. The summed E-state index contributed by atoms with van der Waals surface area (Å²) in [5.74, 6) is 0. The molecular formula is C15H19BrN2. The van der Waals surface area contributed by atoms with E-state index < -0.39 is 0 Å². The molecule has 0 bridgehead atoms. The predicted molar refractivity (Wildman–Crippen MR) is 78.7 cm³/mol. The normalized spacial score (nSPS) is 17.8. The number of halogens is 1. The maximum absolute atomic E-state index is 8.94. The Morgan fingerprint density at radius 1 is 1.39 bits per heavy atom. The van der Waals surface area contributed by atoms with Crippen molar-refractivity contribution in [2.45, 2.75) is 33.1 Å². The van der Waals surface area contributed by atoms with E-state index in [-0.39, 0.29) is 0 Å². The van der Waals surface area contributed by atoms with Gasteiger partial charge in [-0.1, -0.05) is 13.8 Å². The Morgan fingerprint density at radius 2 is 2.11 bits per heavy atom. The van der Waals surface area contributed by atoms with Crippen molar-refractivity contribution in [2.24, 2.45) is 5.41 Å². The van der Waals surface area contributed by atoms with E-state index in [0.29, 0.717) is 11.0 Å². The van der Waals surface area contributed by atoms with Crippen LogP contribution in [0.25, 0.3) is 0 Å². The van der Waals surface area contributed by atoms with Crippen LogP contribution < -0.4 is 4.90 Å². The summed E-state index contributed by atoms with van der Waals surface area (Å²) in [6, 6.07) is 8.22. The molecule has 0 spiro atoms. The smallest absolute Gasteiger partial charge is 0.100 e. The van der Waals surface area contributed by atoms with Gasteiger partial charge < -0.3 is 4.90 Å². The zero-order chi connectivity index (χ0) is 13.2. The summed E-state index contributed by atoms with van der Waals surface area (Å²) in [6.45, 7) is 6.85. The SMILES string of the molecule is CCC1(CC)CCN(c2ccc(C#N)c(Br)c2)C1. The van der Waals surface area contributed by atoms with Gasteiger partial charge in [-0.05, 0) is 58.8 Å². The van der Waals surface area contributed by atoms with Crippen molar-refractivity contribution in [3.8, 4) is 6.07 Å². The summed E-state index contributed by atoms with van der Waals surface area (Å²) < 4.78 is 0.896. The molecular weight excluding hydrogens is 288 g/mol. The van der Waals surface area contributed by atoms with Gasteiger partial charge in [0, 0.05) is 23.2 Å². The van der Waals surface area contributed by atoms with Crippen LogP contribution in [0, 0.1) is 16.7 Å². The van der Waals surface area contributed by atoms with Gasteiger partial charge in [0.1, 0.15) is 6.07 Å². The molecule has 0 radical (unpaired) electrons. The van der Waals surface area contributed by atoms with Gasteiger partial charge in [0.15, 0.2) is 0 Å². The van der Waals surface area contributed by atoms with Crippen molar-refractivity contribution in [3.63, 3.8) is 0 Å². The van der Waals surface area contributed by atoms with Crippen LogP contribution in [0.2, 0.25) is 0 Å². The van der Waals surface area contributed by atoms with Gasteiger partial charge >= 0.3 is 0 Å². The largest absolute Gasteiger partial charge is 0.371 e. The summed E-state index contributed by atoms with van der Waals surface area (Å²) in [4.78, 5) is 2.44. The molecule has 0 saturated carbocycles. The van der Waals surface area contributed by atoms with Crippen LogP contribution in [0.1, 0.15) is 38.7 Å². The molecule has 2 rings (SSSR count). The monoisotopic (exact) mass is 306 g/mol. The summed E-state index contributed by atoms with van der Waals surface area (Å²) in [5, 5.41) is 8.94. The molecule has 0 unspecified atom stereocenters. The van der Waals surface area contributed by atoms with E-state index in [1.165, 1.54) is 24.9 Å². The quantitative estimate of drug-likeness (QED) is 0.830. The highest BCUT2D eigenvalue weighted by atomic mass is 79.9. The van der Waals surface area contributed by atoms with Gasteiger partial charge in [0.2, 0.25) is 0 Å². The van der Waals surface area contributed by atoms with Crippen molar-refractivity contribution >= 4 is 21.6 Å². The van der Waals surface area contributed by atoms with Crippen LogP contribution in [0.15, 0.2) is 22.7 Å².